The summed E-state index contributed by atoms with van der Waals surface area (Å²) >= 11 is 0. The highest BCUT2D eigenvalue weighted by Crippen LogP contribution is 2.20. The highest BCUT2D eigenvalue weighted by molar-refractivity contribution is 5.94. The van der Waals surface area contributed by atoms with Crippen molar-refractivity contribution in [3.05, 3.63) is 24.0 Å². The van der Waals surface area contributed by atoms with Crippen LogP contribution in [0.1, 0.15) is 44.0 Å². The largest absolute Gasteiger partial charge is 0.349 e. The number of aromatic nitrogens is 1. The average molecular weight is 206 g/mol. The smallest absolute Gasteiger partial charge is 0.253 e. The van der Waals surface area contributed by atoms with E-state index < -0.39 is 0 Å². The second-order valence-electron chi connectivity index (χ2n) is 5.23. The molecule has 1 heterocycles. The van der Waals surface area contributed by atoms with Gasteiger partial charge in [0.2, 0.25) is 0 Å². The van der Waals surface area contributed by atoms with E-state index in [2.05, 4.69) is 30.7 Å². The number of amides is 1. The number of carbonyl (C=O) groups is 1. The molecule has 0 radical (unpaired) electrons. The third-order valence-corrected chi connectivity index (χ3v) is 2.64. The number of nitrogens with zero attached hydrogens (tertiary/aromatic N) is 1. The fourth-order valence-electron chi connectivity index (χ4n) is 1.44. The van der Waals surface area contributed by atoms with Crippen molar-refractivity contribution in [1.82, 2.24) is 9.88 Å². The summed E-state index contributed by atoms with van der Waals surface area (Å²) in [5.74, 6) is 0.0560. The molecule has 1 fully saturated rings. The normalized spacial score (nSPS) is 16.5. The van der Waals surface area contributed by atoms with E-state index in [4.69, 9.17) is 0 Å². The van der Waals surface area contributed by atoms with E-state index in [9.17, 15) is 4.79 Å². The topological polar surface area (TPSA) is 34.0 Å². The van der Waals surface area contributed by atoms with Crippen LogP contribution in [0.25, 0.3) is 0 Å². The standard InChI is InChI=1S/C12H18N2O/c1-12(2,3)14-7-6-9(8-14)11(15)13-10-4-5-10/h6-8,10H,4-5H2,1-3H3,(H,13,15). The number of hydrogen-bond donors (Lipinski definition) is 1. The van der Waals surface area contributed by atoms with Gasteiger partial charge >= 0.3 is 0 Å². The summed E-state index contributed by atoms with van der Waals surface area (Å²) in [5, 5.41) is 2.98. The zero-order chi connectivity index (χ0) is 11.1. The molecule has 1 N–H and O–H groups in total. The van der Waals surface area contributed by atoms with Gasteiger partial charge in [-0.2, -0.15) is 0 Å². The van der Waals surface area contributed by atoms with Crippen LogP contribution in [0.4, 0.5) is 0 Å². The van der Waals surface area contributed by atoms with Crippen molar-refractivity contribution < 1.29 is 4.79 Å². The van der Waals surface area contributed by atoms with Gasteiger partial charge in [-0.05, 0) is 39.7 Å². The van der Waals surface area contributed by atoms with Crippen molar-refractivity contribution in [3.8, 4) is 0 Å². The molecule has 0 unspecified atom stereocenters. The van der Waals surface area contributed by atoms with E-state index in [0.717, 1.165) is 18.4 Å². The zero-order valence-corrected chi connectivity index (χ0v) is 9.58. The van der Waals surface area contributed by atoms with Gasteiger partial charge in [0.15, 0.2) is 0 Å². The zero-order valence-electron chi connectivity index (χ0n) is 9.58. The maximum atomic E-state index is 11.7. The van der Waals surface area contributed by atoms with E-state index in [1.54, 1.807) is 0 Å². The van der Waals surface area contributed by atoms with Crippen molar-refractivity contribution in [1.29, 1.82) is 0 Å². The van der Waals surface area contributed by atoms with Gasteiger partial charge in [0, 0.05) is 24.0 Å². The molecule has 1 aliphatic carbocycles. The third-order valence-electron chi connectivity index (χ3n) is 2.64. The van der Waals surface area contributed by atoms with Crippen LogP contribution in [0.5, 0.6) is 0 Å². The molecule has 0 spiro atoms. The second kappa shape index (κ2) is 3.40. The summed E-state index contributed by atoms with van der Waals surface area (Å²) in [6, 6.07) is 2.30. The molecule has 1 aromatic rings. The third kappa shape index (κ3) is 2.41. The van der Waals surface area contributed by atoms with E-state index in [1.165, 1.54) is 0 Å². The Morgan fingerprint density at radius 2 is 2.13 bits per heavy atom. The lowest BCUT2D eigenvalue weighted by molar-refractivity contribution is 0.0951. The van der Waals surface area contributed by atoms with Crippen LogP contribution in [0.15, 0.2) is 18.5 Å². The summed E-state index contributed by atoms with van der Waals surface area (Å²) in [6.07, 6.45) is 6.14. The van der Waals surface area contributed by atoms with Gasteiger partial charge in [-0.25, -0.2) is 0 Å². The molecule has 0 aromatic carbocycles. The minimum Gasteiger partial charge on any atom is -0.349 e. The molecule has 2 rings (SSSR count). The van der Waals surface area contributed by atoms with E-state index >= 15 is 0 Å². The first kappa shape index (κ1) is 10.3. The van der Waals surface area contributed by atoms with Gasteiger partial charge in [0.05, 0.1) is 5.56 Å². The van der Waals surface area contributed by atoms with E-state index in [-0.39, 0.29) is 11.4 Å². The monoisotopic (exact) mass is 206 g/mol. The van der Waals surface area contributed by atoms with Crippen LogP contribution in [0.3, 0.4) is 0 Å². The molecule has 82 valence electrons. The molecule has 0 bridgehead atoms. The summed E-state index contributed by atoms with van der Waals surface area (Å²) in [6.45, 7) is 6.36. The molecular formula is C12H18N2O. The Bertz CT molecular complexity index is 369. The fourth-order valence-corrected chi connectivity index (χ4v) is 1.44. The number of hydrogen-bond acceptors (Lipinski definition) is 1. The molecule has 3 heteroatoms. The van der Waals surface area contributed by atoms with Gasteiger partial charge in [-0.3, -0.25) is 4.79 Å². The lowest BCUT2D eigenvalue weighted by Gasteiger charge is -2.20. The molecule has 0 atom stereocenters. The average Bonchev–Trinajstić information content (AvgIpc) is 2.80. The SMILES string of the molecule is CC(C)(C)n1ccc(C(=O)NC2CC2)c1. The minimum atomic E-state index is 0.0398. The molecular weight excluding hydrogens is 188 g/mol. The Morgan fingerprint density at radius 1 is 1.47 bits per heavy atom. The number of rotatable bonds is 2. The number of nitrogens with one attached hydrogen (secondary N) is 1. The van der Waals surface area contributed by atoms with Crippen molar-refractivity contribution >= 4 is 5.91 Å². The second-order valence-corrected chi connectivity index (χ2v) is 5.23. The van der Waals surface area contributed by atoms with Crippen molar-refractivity contribution in [2.45, 2.75) is 45.2 Å². The predicted octanol–water partition coefficient (Wildman–Crippen LogP) is 2.14. The van der Waals surface area contributed by atoms with Gasteiger partial charge in [-0.15, -0.1) is 0 Å². The fraction of sp³-hybridized carbons (Fsp3) is 0.583. The lowest BCUT2D eigenvalue weighted by atomic mass is 10.1. The summed E-state index contributed by atoms with van der Waals surface area (Å²) in [7, 11) is 0. The minimum absolute atomic E-state index is 0.0398. The quantitative estimate of drug-likeness (QED) is 0.790. The van der Waals surface area contributed by atoms with E-state index in [1.807, 2.05) is 18.5 Å². The van der Waals surface area contributed by atoms with Crippen LogP contribution >= 0.6 is 0 Å². The molecule has 0 saturated heterocycles. The van der Waals surface area contributed by atoms with Crippen molar-refractivity contribution in [3.63, 3.8) is 0 Å². The van der Waals surface area contributed by atoms with Gasteiger partial charge < -0.3 is 9.88 Å². The van der Waals surface area contributed by atoms with Crippen molar-refractivity contribution in [2.75, 3.05) is 0 Å². The molecule has 1 saturated carbocycles. The van der Waals surface area contributed by atoms with Crippen LogP contribution in [0.2, 0.25) is 0 Å². The van der Waals surface area contributed by atoms with Crippen molar-refractivity contribution in [2.24, 2.45) is 0 Å². The highest BCUT2D eigenvalue weighted by atomic mass is 16.1. The van der Waals surface area contributed by atoms with Gasteiger partial charge in [0.1, 0.15) is 0 Å². The van der Waals surface area contributed by atoms with Gasteiger partial charge in [-0.1, -0.05) is 0 Å². The van der Waals surface area contributed by atoms with E-state index in [0.29, 0.717) is 6.04 Å². The Kier molecular flexibility index (Phi) is 2.33. The maximum absolute atomic E-state index is 11.7. The lowest BCUT2D eigenvalue weighted by Crippen LogP contribution is -2.25. The first-order valence-electron chi connectivity index (χ1n) is 5.46. The molecule has 0 aliphatic heterocycles. The Hall–Kier alpha value is -1.25. The Balaban J connectivity index is 2.08. The Morgan fingerprint density at radius 3 is 2.60 bits per heavy atom. The molecule has 1 aromatic heterocycles. The predicted molar refractivity (Wildman–Crippen MR) is 59.9 cm³/mol. The van der Waals surface area contributed by atoms with Crippen LogP contribution in [-0.2, 0) is 5.54 Å². The number of carbonyl (C=O) groups excluding carboxylic acids is 1. The van der Waals surface area contributed by atoms with Crippen LogP contribution in [-0.4, -0.2) is 16.5 Å². The summed E-state index contributed by atoms with van der Waals surface area (Å²) in [4.78, 5) is 11.7. The first-order valence-corrected chi connectivity index (χ1v) is 5.46. The summed E-state index contributed by atoms with van der Waals surface area (Å²) < 4.78 is 2.06. The summed E-state index contributed by atoms with van der Waals surface area (Å²) in [5.41, 5.74) is 0.801. The van der Waals surface area contributed by atoms with Gasteiger partial charge in [0.25, 0.3) is 5.91 Å². The molecule has 15 heavy (non-hydrogen) atoms. The Labute approximate surface area is 90.5 Å². The maximum Gasteiger partial charge on any atom is 0.253 e. The first-order chi connectivity index (χ1) is 6.97. The van der Waals surface area contributed by atoms with Crippen LogP contribution < -0.4 is 5.32 Å². The highest BCUT2D eigenvalue weighted by Gasteiger charge is 2.24. The molecule has 3 nitrogen and oxygen atoms in total. The van der Waals surface area contributed by atoms with Crippen LogP contribution in [0, 0.1) is 0 Å². The molecule has 1 amide bonds. The molecule has 1 aliphatic rings.